The van der Waals surface area contributed by atoms with Crippen molar-refractivity contribution in [2.24, 2.45) is 0 Å². The average molecular weight is 213 g/mol. The van der Waals surface area contributed by atoms with Crippen molar-refractivity contribution in [3.05, 3.63) is 26.5 Å². The van der Waals surface area contributed by atoms with Gasteiger partial charge in [0.1, 0.15) is 0 Å². The molecule has 0 atom stereocenters. The highest BCUT2D eigenvalue weighted by Gasteiger charge is 2.14. The third-order valence-corrected chi connectivity index (χ3v) is 1.68. The molecule has 0 aliphatic rings. The molecule has 0 aromatic carbocycles. The minimum Gasteiger partial charge on any atom is -0.501 e. The van der Waals surface area contributed by atoms with Gasteiger partial charge < -0.3 is 10.4 Å². The Hall–Kier alpha value is -2.05. The van der Waals surface area contributed by atoms with Crippen molar-refractivity contribution in [1.29, 1.82) is 0 Å². The first kappa shape index (κ1) is 11.0. The number of carbonyl (C=O) groups is 1. The number of nitrogens with one attached hydrogen (secondary N) is 3. The van der Waals surface area contributed by atoms with Crippen molar-refractivity contribution >= 4 is 5.91 Å². The minimum absolute atomic E-state index is 0.396. The topological polar surface area (TPSA) is 115 Å². The molecule has 15 heavy (non-hydrogen) atoms. The van der Waals surface area contributed by atoms with E-state index in [9.17, 15) is 19.5 Å². The Morgan fingerprint density at radius 2 is 2.07 bits per heavy atom. The summed E-state index contributed by atoms with van der Waals surface area (Å²) in [5.41, 5.74) is -2.24. The summed E-state index contributed by atoms with van der Waals surface area (Å²) in [4.78, 5) is 37.0. The quantitative estimate of drug-likeness (QED) is 0.510. The highest BCUT2D eigenvalue weighted by atomic mass is 16.3. The Kier molecular flexibility index (Phi) is 3.27. The summed E-state index contributed by atoms with van der Waals surface area (Å²) in [6.45, 7) is 2.24. The highest BCUT2D eigenvalue weighted by molar-refractivity contribution is 5.94. The van der Waals surface area contributed by atoms with Gasteiger partial charge in [-0.2, -0.15) is 0 Å². The molecule has 7 nitrogen and oxygen atoms in total. The van der Waals surface area contributed by atoms with Crippen LogP contribution < -0.4 is 16.6 Å². The maximum absolute atomic E-state index is 11.3. The Labute approximate surface area is 84.2 Å². The molecule has 1 aromatic heterocycles. The predicted molar refractivity (Wildman–Crippen MR) is 52.0 cm³/mol. The SMILES string of the molecule is CCCNC(=O)c1[nH]c(=O)[nH]c(=O)c1O. The number of carbonyl (C=O) groups excluding carboxylic acids is 1. The monoisotopic (exact) mass is 213 g/mol. The van der Waals surface area contributed by atoms with E-state index in [4.69, 9.17) is 0 Å². The van der Waals surface area contributed by atoms with Gasteiger partial charge in [0, 0.05) is 6.54 Å². The Balaban J connectivity index is 3.09. The number of hydrogen-bond acceptors (Lipinski definition) is 4. The summed E-state index contributed by atoms with van der Waals surface area (Å²) in [6.07, 6.45) is 0.708. The van der Waals surface area contributed by atoms with Gasteiger partial charge in [0.2, 0.25) is 5.75 Å². The van der Waals surface area contributed by atoms with Crippen LogP contribution in [-0.2, 0) is 0 Å². The van der Waals surface area contributed by atoms with Gasteiger partial charge in [-0.05, 0) is 6.42 Å². The molecule has 1 heterocycles. The molecule has 1 rings (SSSR count). The molecule has 1 amide bonds. The second-order valence-electron chi connectivity index (χ2n) is 2.89. The molecule has 4 N–H and O–H groups in total. The van der Waals surface area contributed by atoms with Gasteiger partial charge >= 0.3 is 5.69 Å². The number of H-pyrrole nitrogens is 2. The van der Waals surface area contributed by atoms with Crippen molar-refractivity contribution < 1.29 is 9.90 Å². The van der Waals surface area contributed by atoms with Crippen LogP contribution in [0.3, 0.4) is 0 Å². The molecule has 0 aliphatic heterocycles. The summed E-state index contributed by atoms with van der Waals surface area (Å²) in [6, 6.07) is 0. The van der Waals surface area contributed by atoms with Gasteiger partial charge in [-0.25, -0.2) is 4.79 Å². The summed E-state index contributed by atoms with van der Waals surface area (Å²) >= 11 is 0. The van der Waals surface area contributed by atoms with E-state index in [1.165, 1.54) is 0 Å². The Bertz CT molecular complexity index is 474. The van der Waals surface area contributed by atoms with Crippen LogP contribution in [-0.4, -0.2) is 27.5 Å². The van der Waals surface area contributed by atoms with Gasteiger partial charge in [-0.1, -0.05) is 6.92 Å². The van der Waals surface area contributed by atoms with Gasteiger partial charge in [0.15, 0.2) is 5.69 Å². The van der Waals surface area contributed by atoms with Gasteiger partial charge in [-0.15, -0.1) is 0 Å². The van der Waals surface area contributed by atoms with E-state index in [0.717, 1.165) is 0 Å². The first-order valence-electron chi connectivity index (χ1n) is 4.40. The molecule has 1 aromatic rings. The molecule has 0 radical (unpaired) electrons. The maximum Gasteiger partial charge on any atom is 0.326 e. The maximum atomic E-state index is 11.3. The molecular weight excluding hydrogens is 202 g/mol. The number of amides is 1. The summed E-state index contributed by atoms with van der Waals surface area (Å²) in [5.74, 6) is -1.47. The highest BCUT2D eigenvalue weighted by Crippen LogP contribution is 2.03. The molecular formula is C8H11N3O4. The zero-order valence-electron chi connectivity index (χ0n) is 8.09. The van der Waals surface area contributed by atoms with E-state index in [1.54, 1.807) is 4.98 Å². The fourth-order valence-corrected chi connectivity index (χ4v) is 0.971. The van der Waals surface area contributed by atoms with Gasteiger partial charge in [0.05, 0.1) is 0 Å². The summed E-state index contributed by atoms with van der Waals surface area (Å²) < 4.78 is 0. The van der Waals surface area contributed by atoms with Crippen LogP contribution in [0.25, 0.3) is 0 Å². The van der Waals surface area contributed by atoms with Gasteiger partial charge in [0.25, 0.3) is 11.5 Å². The van der Waals surface area contributed by atoms with E-state index in [0.29, 0.717) is 13.0 Å². The predicted octanol–water partition coefficient (Wildman–Crippen LogP) is -1.09. The Morgan fingerprint density at radius 3 is 2.67 bits per heavy atom. The van der Waals surface area contributed by atoms with E-state index in [1.807, 2.05) is 6.92 Å². The first-order valence-corrected chi connectivity index (χ1v) is 4.40. The largest absolute Gasteiger partial charge is 0.501 e. The summed E-state index contributed by atoms with van der Waals surface area (Å²) in [7, 11) is 0. The number of aromatic hydroxyl groups is 1. The van der Waals surface area contributed by atoms with Crippen LogP contribution >= 0.6 is 0 Å². The van der Waals surface area contributed by atoms with Crippen LogP contribution in [0.1, 0.15) is 23.8 Å². The Morgan fingerprint density at radius 1 is 1.40 bits per heavy atom. The van der Waals surface area contributed by atoms with Crippen LogP contribution in [0.2, 0.25) is 0 Å². The average Bonchev–Trinajstić information content (AvgIpc) is 2.19. The molecule has 0 aliphatic carbocycles. The van der Waals surface area contributed by atoms with Crippen molar-refractivity contribution in [2.75, 3.05) is 6.54 Å². The van der Waals surface area contributed by atoms with Crippen molar-refractivity contribution in [1.82, 2.24) is 15.3 Å². The lowest BCUT2D eigenvalue weighted by molar-refractivity contribution is 0.0945. The number of hydrogen-bond donors (Lipinski definition) is 4. The summed E-state index contributed by atoms with van der Waals surface area (Å²) in [5, 5.41) is 11.6. The first-order chi connectivity index (χ1) is 7.06. The second-order valence-corrected chi connectivity index (χ2v) is 2.89. The van der Waals surface area contributed by atoms with Crippen molar-refractivity contribution in [3.8, 4) is 5.75 Å². The number of rotatable bonds is 3. The third kappa shape index (κ3) is 2.46. The minimum atomic E-state index is -0.986. The van der Waals surface area contributed by atoms with Crippen LogP contribution in [0.4, 0.5) is 0 Å². The molecule has 0 unspecified atom stereocenters. The molecule has 0 saturated heterocycles. The second kappa shape index (κ2) is 4.45. The normalized spacial score (nSPS) is 9.93. The lowest BCUT2D eigenvalue weighted by Crippen LogP contribution is -2.31. The van der Waals surface area contributed by atoms with Crippen LogP contribution in [0.15, 0.2) is 9.59 Å². The van der Waals surface area contributed by atoms with Gasteiger partial charge in [-0.3, -0.25) is 19.6 Å². The molecule has 0 bridgehead atoms. The lowest BCUT2D eigenvalue weighted by atomic mass is 10.3. The molecule has 82 valence electrons. The van der Waals surface area contributed by atoms with E-state index >= 15 is 0 Å². The van der Waals surface area contributed by atoms with E-state index < -0.39 is 28.6 Å². The molecule has 7 heteroatoms. The fourth-order valence-electron chi connectivity index (χ4n) is 0.971. The lowest BCUT2D eigenvalue weighted by Gasteiger charge is -2.03. The zero-order chi connectivity index (χ0) is 11.4. The van der Waals surface area contributed by atoms with Crippen LogP contribution in [0.5, 0.6) is 5.75 Å². The number of aromatic nitrogens is 2. The smallest absolute Gasteiger partial charge is 0.326 e. The number of aromatic amines is 2. The fraction of sp³-hybridized carbons (Fsp3) is 0.375. The van der Waals surface area contributed by atoms with Crippen LogP contribution in [0, 0.1) is 0 Å². The third-order valence-electron chi connectivity index (χ3n) is 1.68. The van der Waals surface area contributed by atoms with Crippen molar-refractivity contribution in [3.63, 3.8) is 0 Å². The molecule has 0 fully saturated rings. The molecule has 0 spiro atoms. The van der Waals surface area contributed by atoms with Crippen molar-refractivity contribution in [2.45, 2.75) is 13.3 Å². The molecule has 0 saturated carbocycles. The standard InChI is InChI=1S/C8H11N3O4/c1-2-3-9-6(13)4-5(12)7(14)11-8(15)10-4/h12H,2-3H2,1H3,(H,9,13)(H2,10,11,14,15). The zero-order valence-corrected chi connectivity index (χ0v) is 8.09. The van der Waals surface area contributed by atoms with E-state index in [-0.39, 0.29) is 0 Å². The van der Waals surface area contributed by atoms with E-state index in [2.05, 4.69) is 10.3 Å².